The lowest BCUT2D eigenvalue weighted by Crippen LogP contribution is -2.57. The number of hydrogen-bond donors (Lipinski definition) is 1. The minimum atomic E-state index is -0.734. The number of amides is 3. The van der Waals surface area contributed by atoms with Gasteiger partial charge >= 0.3 is 0 Å². The van der Waals surface area contributed by atoms with E-state index in [-0.39, 0.29) is 47.9 Å². The first-order valence-corrected chi connectivity index (χ1v) is 12.1. The lowest BCUT2D eigenvalue weighted by molar-refractivity contribution is -0.141. The Morgan fingerprint density at radius 1 is 1.26 bits per heavy atom. The third-order valence-electron chi connectivity index (χ3n) is 8.01. The summed E-state index contributed by atoms with van der Waals surface area (Å²) in [7, 11) is 3.44. The van der Waals surface area contributed by atoms with Crippen molar-refractivity contribution in [3.05, 3.63) is 35.4 Å². The summed E-state index contributed by atoms with van der Waals surface area (Å²) in [5.74, 6) is 0.263. The Labute approximate surface area is 200 Å². The molecule has 1 aromatic carbocycles. The van der Waals surface area contributed by atoms with Crippen LogP contribution in [0, 0.1) is 17.2 Å². The Hall–Kier alpha value is -2.96. The van der Waals surface area contributed by atoms with Crippen LogP contribution < -0.4 is 5.73 Å². The van der Waals surface area contributed by atoms with Crippen molar-refractivity contribution in [2.45, 2.75) is 62.4 Å². The first-order chi connectivity index (χ1) is 16.2. The average molecular weight is 465 g/mol. The maximum atomic E-state index is 13.3. The zero-order chi connectivity index (χ0) is 24.3. The van der Waals surface area contributed by atoms with Crippen molar-refractivity contribution < 1.29 is 14.4 Å². The Morgan fingerprint density at radius 3 is 2.71 bits per heavy atom. The van der Waals surface area contributed by atoms with Crippen LogP contribution in [0.4, 0.5) is 0 Å². The molecule has 4 fully saturated rings. The SMILES string of the molecule is C[C@H](c1cccc(C(=O)N(C)C)c1)N1C(=O)[C@H]2C[C@@H]1CN2C[C@H](N)C(=O)N1[C@H](C#N)CC2C[C@@H]21. The van der Waals surface area contributed by atoms with Gasteiger partial charge in [-0.3, -0.25) is 19.3 Å². The normalized spacial score (nSPS) is 31.3. The number of carbonyl (C=O) groups is 3. The van der Waals surface area contributed by atoms with E-state index in [1.54, 1.807) is 30.0 Å². The second-order valence-corrected chi connectivity index (χ2v) is 10.4. The molecular weight excluding hydrogens is 432 g/mol. The van der Waals surface area contributed by atoms with Crippen molar-refractivity contribution in [2.24, 2.45) is 11.7 Å². The summed E-state index contributed by atoms with van der Waals surface area (Å²) in [6.07, 6.45) is 2.44. The molecule has 9 heteroatoms. The van der Waals surface area contributed by atoms with Gasteiger partial charge in [-0.05, 0) is 49.8 Å². The van der Waals surface area contributed by atoms with Gasteiger partial charge in [0.05, 0.1) is 24.2 Å². The minimum Gasteiger partial charge on any atom is -0.345 e. The van der Waals surface area contributed by atoms with E-state index in [2.05, 4.69) is 6.07 Å². The van der Waals surface area contributed by atoms with Gasteiger partial charge in [0.15, 0.2) is 0 Å². The van der Waals surface area contributed by atoms with E-state index >= 15 is 0 Å². The molecule has 1 saturated carbocycles. The van der Waals surface area contributed by atoms with Gasteiger partial charge in [0.25, 0.3) is 5.91 Å². The van der Waals surface area contributed by atoms with Gasteiger partial charge in [-0.15, -0.1) is 0 Å². The van der Waals surface area contributed by atoms with E-state index in [0.717, 1.165) is 24.8 Å². The van der Waals surface area contributed by atoms with Crippen molar-refractivity contribution in [2.75, 3.05) is 27.2 Å². The number of piperidine rings is 1. The van der Waals surface area contributed by atoms with Gasteiger partial charge in [-0.2, -0.15) is 5.26 Å². The number of nitriles is 1. The van der Waals surface area contributed by atoms with E-state index < -0.39 is 6.04 Å². The maximum absolute atomic E-state index is 13.3. The molecule has 3 saturated heterocycles. The quantitative estimate of drug-likeness (QED) is 0.659. The molecule has 4 aliphatic rings. The number of piperazine rings is 1. The molecule has 34 heavy (non-hydrogen) atoms. The van der Waals surface area contributed by atoms with Crippen molar-refractivity contribution in [3.63, 3.8) is 0 Å². The first kappa shape index (κ1) is 22.8. The summed E-state index contributed by atoms with van der Waals surface area (Å²) in [4.78, 5) is 45.9. The lowest BCUT2D eigenvalue weighted by Gasteiger charge is -2.38. The molecule has 1 aliphatic carbocycles. The van der Waals surface area contributed by atoms with Crippen LogP contribution in [-0.4, -0.2) is 94.7 Å². The molecule has 0 aromatic heterocycles. The monoisotopic (exact) mass is 464 g/mol. The molecular formula is C25H32N6O3. The van der Waals surface area contributed by atoms with Crippen molar-refractivity contribution in [1.82, 2.24) is 19.6 Å². The summed E-state index contributed by atoms with van der Waals surface area (Å²) >= 11 is 0. The van der Waals surface area contributed by atoms with E-state index in [9.17, 15) is 19.6 Å². The van der Waals surface area contributed by atoms with Crippen LogP contribution in [0.1, 0.15) is 48.1 Å². The molecule has 0 radical (unpaired) electrons. The van der Waals surface area contributed by atoms with Crippen LogP contribution in [0.3, 0.4) is 0 Å². The van der Waals surface area contributed by atoms with Crippen LogP contribution in [0.2, 0.25) is 0 Å². The summed E-state index contributed by atoms with van der Waals surface area (Å²) in [5.41, 5.74) is 7.84. The number of benzene rings is 1. The van der Waals surface area contributed by atoms with Gasteiger partial charge in [-0.1, -0.05) is 12.1 Å². The molecule has 0 spiro atoms. The number of nitrogens with zero attached hydrogens (tertiary/aromatic N) is 5. The summed E-state index contributed by atoms with van der Waals surface area (Å²) in [5, 5.41) is 9.39. The summed E-state index contributed by atoms with van der Waals surface area (Å²) in [6, 6.07) is 8.39. The highest BCUT2D eigenvalue weighted by molar-refractivity contribution is 5.94. The van der Waals surface area contributed by atoms with Gasteiger partial charge in [0, 0.05) is 44.8 Å². The number of likely N-dealkylation sites (tertiary alicyclic amines) is 3. The second-order valence-electron chi connectivity index (χ2n) is 10.4. The van der Waals surface area contributed by atoms with Crippen molar-refractivity contribution >= 4 is 17.7 Å². The molecule has 3 aliphatic heterocycles. The molecule has 180 valence electrons. The van der Waals surface area contributed by atoms with Crippen molar-refractivity contribution in [3.8, 4) is 6.07 Å². The smallest absolute Gasteiger partial charge is 0.253 e. The molecule has 7 atom stereocenters. The number of hydrogen-bond acceptors (Lipinski definition) is 6. The Morgan fingerprint density at radius 2 is 2.03 bits per heavy atom. The molecule has 2 bridgehead atoms. The molecule has 1 unspecified atom stereocenters. The van der Waals surface area contributed by atoms with Crippen LogP contribution in [-0.2, 0) is 9.59 Å². The Kier molecular flexibility index (Phi) is 5.61. The molecule has 9 nitrogen and oxygen atoms in total. The number of fused-ring (bicyclic) bond motifs is 3. The highest BCUT2D eigenvalue weighted by atomic mass is 16.2. The van der Waals surface area contributed by atoms with E-state index in [1.165, 1.54) is 0 Å². The zero-order valence-electron chi connectivity index (χ0n) is 19.9. The Balaban J connectivity index is 1.24. The third-order valence-corrected chi connectivity index (χ3v) is 8.01. The molecule has 1 aromatic rings. The predicted molar refractivity (Wildman–Crippen MR) is 124 cm³/mol. The Bertz CT molecular complexity index is 1070. The molecule has 5 rings (SSSR count). The van der Waals surface area contributed by atoms with E-state index in [0.29, 0.717) is 24.6 Å². The second kappa shape index (κ2) is 8.36. The number of nitrogens with two attached hydrogens (primary N) is 1. The van der Waals surface area contributed by atoms with Gasteiger partial charge in [0.2, 0.25) is 11.8 Å². The molecule has 2 N–H and O–H groups in total. The van der Waals surface area contributed by atoms with Crippen molar-refractivity contribution in [1.29, 1.82) is 5.26 Å². The van der Waals surface area contributed by atoms with Crippen LogP contribution in [0.25, 0.3) is 0 Å². The van der Waals surface area contributed by atoms with Gasteiger partial charge in [0.1, 0.15) is 6.04 Å². The largest absolute Gasteiger partial charge is 0.345 e. The fourth-order valence-corrected chi connectivity index (χ4v) is 6.16. The van der Waals surface area contributed by atoms with Gasteiger partial charge < -0.3 is 20.4 Å². The van der Waals surface area contributed by atoms with Gasteiger partial charge in [-0.25, -0.2) is 0 Å². The fraction of sp³-hybridized carbons (Fsp3) is 0.600. The topological polar surface area (TPSA) is 114 Å². The van der Waals surface area contributed by atoms with E-state index in [4.69, 9.17) is 5.73 Å². The zero-order valence-corrected chi connectivity index (χ0v) is 19.9. The summed E-state index contributed by atoms with van der Waals surface area (Å²) in [6.45, 7) is 3.00. The van der Waals surface area contributed by atoms with Crippen LogP contribution in [0.15, 0.2) is 24.3 Å². The van der Waals surface area contributed by atoms with Crippen LogP contribution >= 0.6 is 0 Å². The highest BCUT2D eigenvalue weighted by Gasteiger charge is 2.56. The number of carbonyl (C=O) groups excluding carboxylic acids is 3. The fourth-order valence-electron chi connectivity index (χ4n) is 6.16. The minimum absolute atomic E-state index is 0.0473. The molecule has 3 heterocycles. The first-order valence-electron chi connectivity index (χ1n) is 12.1. The lowest BCUT2D eigenvalue weighted by atomic mass is 10.0. The molecule has 3 amide bonds. The predicted octanol–water partition coefficient (Wildman–Crippen LogP) is 0.575. The maximum Gasteiger partial charge on any atom is 0.253 e. The van der Waals surface area contributed by atoms with Crippen LogP contribution in [0.5, 0.6) is 0 Å². The highest BCUT2D eigenvalue weighted by Crippen LogP contribution is 2.48. The average Bonchev–Trinajstić information content (AvgIpc) is 3.15. The standard InChI is InChI=1S/C25H32N6O3/c1-14(15-5-4-6-16(7-15)23(32)28(2)3)30-19-10-22(25(30)34)29(12-19)13-20(27)24(33)31-18(11-26)8-17-9-21(17)31/h4-7,14,17-22H,8-10,12-13,27H2,1-3H3/t14-,17?,18+,19-,20+,21+,22-/m1/s1. The summed E-state index contributed by atoms with van der Waals surface area (Å²) < 4.78 is 0. The number of rotatable bonds is 6. The third kappa shape index (κ3) is 3.65. The van der Waals surface area contributed by atoms with E-state index in [1.807, 2.05) is 34.9 Å².